The minimum absolute atomic E-state index is 0.0417. The van der Waals surface area contributed by atoms with Gasteiger partial charge in [0, 0.05) is 25.7 Å². The molecule has 0 N–H and O–H groups in total. The molecule has 0 bridgehead atoms. The lowest BCUT2D eigenvalue weighted by Gasteiger charge is -2.58. The van der Waals surface area contributed by atoms with Gasteiger partial charge in [0.25, 0.3) is 0 Å². The molecule has 3 fully saturated rings. The van der Waals surface area contributed by atoms with Crippen molar-refractivity contribution in [2.75, 3.05) is 0 Å². The Labute approximate surface area is 315 Å². The molecule has 1 heterocycles. The number of carbonyl (C=O) groups is 1. The quantitative estimate of drug-likeness (QED) is 0.0770. The Kier molecular flexibility index (Phi) is 14.9. The minimum atomic E-state index is 0.0417. The highest BCUT2D eigenvalue weighted by Crippen LogP contribution is 2.67. The predicted octanol–water partition coefficient (Wildman–Crippen LogP) is 14.2. The van der Waals surface area contributed by atoms with Crippen LogP contribution in [0.15, 0.2) is 16.1 Å². The molecule has 0 spiro atoms. The molecule has 8 atom stereocenters. The third kappa shape index (κ3) is 9.79. The standard InChI is InChI=1S/C48H80O3/c1-9-10-11-16-22-44-36(5)37(6)45(51-44)23-17-14-12-13-15-18-24-46(49)50-39-29-31-47(7)38(33-39)25-26-40-42-28-27-41(35(4)21-19-20-34(2)3)48(42,8)32-30-43(40)47/h25,34-35,39-43H,9-24,26-33H2,1-8H3. The molecule has 51 heavy (non-hydrogen) atoms. The zero-order valence-corrected chi connectivity index (χ0v) is 34.8. The number of fused-ring (bicyclic) bond motifs is 5. The van der Waals surface area contributed by atoms with Crippen molar-refractivity contribution in [1.82, 2.24) is 0 Å². The highest BCUT2D eigenvalue weighted by Gasteiger charge is 2.59. The van der Waals surface area contributed by atoms with E-state index in [4.69, 9.17) is 9.15 Å². The van der Waals surface area contributed by atoms with Gasteiger partial charge in [0.05, 0.1) is 0 Å². The van der Waals surface area contributed by atoms with E-state index in [-0.39, 0.29) is 12.1 Å². The van der Waals surface area contributed by atoms with Crippen molar-refractivity contribution in [1.29, 1.82) is 0 Å². The van der Waals surface area contributed by atoms with Gasteiger partial charge in [-0.25, -0.2) is 0 Å². The lowest BCUT2D eigenvalue weighted by Crippen LogP contribution is -2.51. The first-order valence-electron chi connectivity index (χ1n) is 22.4. The predicted molar refractivity (Wildman–Crippen MR) is 215 cm³/mol. The van der Waals surface area contributed by atoms with Gasteiger partial charge < -0.3 is 9.15 Å². The highest BCUT2D eigenvalue weighted by atomic mass is 16.5. The second kappa shape index (κ2) is 18.7. The fourth-order valence-electron chi connectivity index (χ4n) is 12.2. The highest BCUT2D eigenvalue weighted by molar-refractivity contribution is 5.69. The summed E-state index contributed by atoms with van der Waals surface area (Å²) in [4.78, 5) is 12.9. The molecule has 1 aromatic heterocycles. The largest absolute Gasteiger partial charge is 0.466 e. The summed E-state index contributed by atoms with van der Waals surface area (Å²) in [6, 6.07) is 0. The Morgan fingerprint density at radius 3 is 2.16 bits per heavy atom. The number of aryl methyl sites for hydroxylation is 2. The number of esters is 1. The number of ether oxygens (including phenoxy) is 1. The maximum atomic E-state index is 12.9. The van der Waals surface area contributed by atoms with Gasteiger partial charge in [0.15, 0.2) is 0 Å². The van der Waals surface area contributed by atoms with Crippen molar-refractivity contribution in [2.45, 2.75) is 216 Å². The van der Waals surface area contributed by atoms with Crippen molar-refractivity contribution in [3.63, 3.8) is 0 Å². The molecular weight excluding hydrogens is 625 g/mol. The fourth-order valence-corrected chi connectivity index (χ4v) is 12.2. The number of furan rings is 1. The fraction of sp³-hybridized carbons (Fsp3) is 0.854. The molecule has 0 amide bonds. The van der Waals surface area contributed by atoms with Gasteiger partial charge in [0.1, 0.15) is 17.6 Å². The summed E-state index contributed by atoms with van der Waals surface area (Å²) >= 11 is 0. The second-order valence-electron chi connectivity index (χ2n) is 19.3. The molecule has 0 aliphatic heterocycles. The number of allylic oxidation sites excluding steroid dienone is 1. The monoisotopic (exact) mass is 705 g/mol. The Balaban J connectivity index is 0.985. The van der Waals surface area contributed by atoms with E-state index in [0.717, 1.165) is 74.0 Å². The molecule has 4 aliphatic carbocycles. The van der Waals surface area contributed by atoms with Gasteiger partial charge in [-0.1, -0.05) is 117 Å². The number of hydrogen-bond acceptors (Lipinski definition) is 3. The summed E-state index contributed by atoms with van der Waals surface area (Å²) in [6.07, 6.45) is 32.1. The molecule has 0 aromatic carbocycles. The summed E-state index contributed by atoms with van der Waals surface area (Å²) in [5.41, 5.74) is 5.26. The molecule has 5 rings (SSSR count). The third-order valence-electron chi connectivity index (χ3n) is 15.5. The SMILES string of the molecule is CCCCCCc1oc(CCCCCCCCC(=O)OC2CCC3(C)C(=CCC4C3CCC3(C)C(C(C)CCCC(C)C)CCC43)C2)c(C)c1C. The van der Waals surface area contributed by atoms with Gasteiger partial charge in [-0.3, -0.25) is 4.79 Å². The minimum Gasteiger partial charge on any atom is -0.466 e. The van der Waals surface area contributed by atoms with Gasteiger partial charge in [-0.2, -0.15) is 0 Å². The van der Waals surface area contributed by atoms with Crippen LogP contribution in [0.5, 0.6) is 0 Å². The zero-order valence-electron chi connectivity index (χ0n) is 34.8. The van der Waals surface area contributed by atoms with Gasteiger partial charge >= 0.3 is 5.97 Å². The molecule has 4 aliphatic rings. The first-order valence-corrected chi connectivity index (χ1v) is 22.4. The van der Waals surface area contributed by atoms with Crippen LogP contribution >= 0.6 is 0 Å². The van der Waals surface area contributed by atoms with E-state index in [1.165, 1.54) is 132 Å². The molecule has 3 nitrogen and oxygen atoms in total. The van der Waals surface area contributed by atoms with Crippen LogP contribution in [0.4, 0.5) is 0 Å². The molecular formula is C48H80O3. The summed E-state index contributed by atoms with van der Waals surface area (Å²) in [6.45, 7) is 19.4. The van der Waals surface area contributed by atoms with Crippen molar-refractivity contribution >= 4 is 5.97 Å². The van der Waals surface area contributed by atoms with E-state index in [0.29, 0.717) is 17.3 Å². The smallest absolute Gasteiger partial charge is 0.306 e. The van der Waals surface area contributed by atoms with E-state index < -0.39 is 0 Å². The van der Waals surface area contributed by atoms with Crippen LogP contribution in [0.25, 0.3) is 0 Å². The van der Waals surface area contributed by atoms with Crippen LogP contribution < -0.4 is 0 Å². The number of hydrogen-bond donors (Lipinski definition) is 0. The Bertz CT molecular complexity index is 1270. The maximum absolute atomic E-state index is 12.9. The number of rotatable bonds is 20. The normalized spacial score (nSPS) is 30.8. The van der Waals surface area contributed by atoms with E-state index in [9.17, 15) is 4.79 Å². The molecule has 290 valence electrons. The second-order valence-corrected chi connectivity index (χ2v) is 19.3. The molecule has 3 saturated carbocycles. The maximum Gasteiger partial charge on any atom is 0.306 e. The van der Waals surface area contributed by atoms with Gasteiger partial charge in [-0.05, 0) is 136 Å². The molecule has 1 aromatic rings. The zero-order chi connectivity index (χ0) is 36.6. The molecule has 8 unspecified atom stereocenters. The third-order valence-corrected chi connectivity index (χ3v) is 15.5. The van der Waals surface area contributed by atoms with E-state index >= 15 is 0 Å². The Morgan fingerprint density at radius 2 is 1.47 bits per heavy atom. The summed E-state index contributed by atoms with van der Waals surface area (Å²) in [5.74, 6) is 7.70. The van der Waals surface area contributed by atoms with Crippen molar-refractivity contribution < 1.29 is 13.9 Å². The Hall–Kier alpha value is -1.51. The van der Waals surface area contributed by atoms with Crippen molar-refractivity contribution in [3.8, 4) is 0 Å². The first kappa shape index (κ1) is 40.7. The average molecular weight is 705 g/mol. The van der Waals surface area contributed by atoms with E-state index in [1.807, 2.05) is 0 Å². The molecule has 0 radical (unpaired) electrons. The number of unbranched alkanes of at least 4 members (excludes halogenated alkanes) is 8. The van der Waals surface area contributed by atoms with Crippen LogP contribution in [0.1, 0.15) is 205 Å². The van der Waals surface area contributed by atoms with Crippen molar-refractivity contribution in [3.05, 3.63) is 34.3 Å². The topological polar surface area (TPSA) is 39.4 Å². The number of carbonyl (C=O) groups excluding carboxylic acids is 1. The molecule has 0 saturated heterocycles. The van der Waals surface area contributed by atoms with Crippen LogP contribution in [0.2, 0.25) is 0 Å². The van der Waals surface area contributed by atoms with E-state index in [1.54, 1.807) is 5.57 Å². The average Bonchev–Trinajstić information content (AvgIpc) is 3.59. The van der Waals surface area contributed by atoms with Gasteiger partial charge in [0.2, 0.25) is 0 Å². The summed E-state index contributed by atoms with van der Waals surface area (Å²) in [7, 11) is 0. The van der Waals surface area contributed by atoms with E-state index in [2.05, 4.69) is 61.5 Å². The van der Waals surface area contributed by atoms with Crippen LogP contribution in [-0.4, -0.2) is 12.1 Å². The van der Waals surface area contributed by atoms with Gasteiger partial charge in [-0.15, -0.1) is 0 Å². The van der Waals surface area contributed by atoms with Crippen molar-refractivity contribution in [2.24, 2.45) is 46.3 Å². The Morgan fingerprint density at radius 1 is 0.804 bits per heavy atom. The lowest BCUT2D eigenvalue weighted by molar-refractivity contribution is -0.151. The van der Waals surface area contributed by atoms with Crippen LogP contribution in [-0.2, 0) is 22.4 Å². The molecule has 3 heteroatoms. The van der Waals surface area contributed by atoms with Crippen LogP contribution in [0, 0.1) is 60.2 Å². The first-order chi connectivity index (χ1) is 24.5. The summed E-state index contributed by atoms with van der Waals surface area (Å²) < 4.78 is 12.5. The van der Waals surface area contributed by atoms with Crippen LogP contribution in [0.3, 0.4) is 0 Å². The lowest BCUT2D eigenvalue weighted by atomic mass is 9.47. The summed E-state index contributed by atoms with van der Waals surface area (Å²) in [5, 5.41) is 0.